The van der Waals surface area contributed by atoms with Gasteiger partial charge in [0.15, 0.2) is 16.6 Å². The number of pyridine rings is 1. The maximum atomic E-state index is 13.3. The van der Waals surface area contributed by atoms with Crippen molar-refractivity contribution in [2.24, 2.45) is 0 Å². The van der Waals surface area contributed by atoms with E-state index in [2.05, 4.69) is 16.4 Å². The number of benzene rings is 3. The van der Waals surface area contributed by atoms with E-state index in [4.69, 9.17) is 19.2 Å². The number of anilines is 1. The molecule has 10 heteroatoms. The first-order chi connectivity index (χ1) is 20.9. The minimum Gasteiger partial charge on any atom is -0.497 e. The Labute approximate surface area is 258 Å². The second kappa shape index (κ2) is 13.4. The van der Waals surface area contributed by atoms with Gasteiger partial charge in [-0.2, -0.15) is 5.26 Å². The number of rotatable bonds is 10. The van der Waals surface area contributed by atoms with Crippen LogP contribution in [0.5, 0.6) is 17.2 Å². The first kappa shape index (κ1) is 29.6. The zero-order chi connectivity index (χ0) is 30.3. The molecule has 1 unspecified atom stereocenters. The van der Waals surface area contributed by atoms with Crippen LogP contribution in [0.4, 0.5) is 5.13 Å². The molecule has 0 fully saturated rings. The third-order valence-corrected chi connectivity index (χ3v) is 8.46. The van der Waals surface area contributed by atoms with E-state index in [9.17, 15) is 10.1 Å². The number of nitriles is 1. The summed E-state index contributed by atoms with van der Waals surface area (Å²) in [6.45, 7) is 1.78. The highest BCUT2D eigenvalue weighted by Gasteiger charge is 2.24. The highest BCUT2D eigenvalue weighted by atomic mass is 32.2. The number of para-hydroxylation sites is 1. The number of ether oxygens (including phenoxy) is 3. The summed E-state index contributed by atoms with van der Waals surface area (Å²) in [5.41, 5.74) is 4.82. The largest absolute Gasteiger partial charge is 0.497 e. The Morgan fingerprint density at radius 2 is 1.65 bits per heavy atom. The molecule has 1 N–H and O–H groups in total. The summed E-state index contributed by atoms with van der Waals surface area (Å²) in [6.07, 6.45) is 0. The van der Waals surface area contributed by atoms with Crippen molar-refractivity contribution in [2.45, 2.75) is 17.2 Å². The monoisotopic (exact) mass is 608 g/mol. The SMILES string of the molecule is COc1cccc(-c2csc(NC(=O)C(C)Sc3nc(-c4ccccc4)cc(-c4cccc(OC)c4OC)c3C#N)n2)c1. The molecule has 8 nitrogen and oxygen atoms in total. The van der Waals surface area contributed by atoms with E-state index in [1.165, 1.54) is 23.1 Å². The Bertz CT molecular complexity index is 1800. The second-order valence-corrected chi connectivity index (χ2v) is 11.5. The van der Waals surface area contributed by atoms with Crippen molar-refractivity contribution < 1.29 is 19.0 Å². The van der Waals surface area contributed by atoms with Crippen LogP contribution in [0.2, 0.25) is 0 Å². The molecule has 5 rings (SSSR count). The van der Waals surface area contributed by atoms with Gasteiger partial charge in [-0.1, -0.05) is 66.4 Å². The lowest BCUT2D eigenvalue weighted by Gasteiger charge is -2.17. The third kappa shape index (κ3) is 6.48. The molecule has 0 radical (unpaired) electrons. The molecule has 1 atom stereocenters. The zero-order valence-electron chi connectivity index (χ0n) is 24.0. The number of carbonyl (C=O) groups is 1. The van der Waals surface area contributed by atoms with Crippen molar-refractivity contribution in [1.82, 2.24) is 9.97 Å². The fourth-order valence-corrected chi connectivity index (χ4v) is 6.11. The number of aromatic nitrogens is 2. The van der Waals surface area contributed by atoms with Gasteiger partial charge in [0.1, 0.15) is 16.8 Å². The fourth-order valence-electron chi connectivity index (χ4n) is 4.46. The molecule has 2 heterocycles. The standard InChI is InChI=1S/C33H28N4O4S2/c1-20(31(38)37-33-36-28(19-42-33)22-12-8-13-23(16-22)39-2)43-32-26(18-34)25(17-27(35-32)21-10-6-5-7-11-21)24-14-9-15-29(40-3)30(24)41-4/h5-17,19-20H,1-4H3,(H,36,37,38). The van der Waals surface area contributed by atoms with Crippen molar-refractivity contribution in [2.75, 3.05) is 26.6 Å². The van der Waals surface area contributed by atoms with Gasteiger partial charge in [0.25, 0.3) is 0 Å². The smallest absolute Gasteiger partial charge is 0.239 e. The summed E-state index contributed by atoms with van der Waals surface area (Å²) in [6, 6.07) is 27.0. The lowest BCUT2D eigenvalue weighted by Crippen LogP contribution is -2.22. The van der Waals surface area contributed by atoms with Crippen LogP contribution in [0.25, 0.3) is 33.6 Å². The van der Waals surface area contributed by atoms with Crippen molar-refractivity contribution in [3.05, 3.63) is 89.8 Å². The van der Waals surface area contributed by atoms with Gasteiger partial charge >= 0.3 is 0 Å². The predicted molar refractivity (Wildman–Crippen MR) is 171 cm³/mol. The Balaban J connectivity index is 1.48. The molecule has 0 saturated heterocycles. The first-order valence-corrected chi connectivity index (χ1v) is 15.0. The van der Waals surface area contributed by atoms with Gasteiger partial charge in [-0.05, 0) is 31.2 Å². The number of nitrogens with zero attached hydrogens (tertiary/aromatic N) is 3. The number of thiazole rings is 1. The van der Waals surface area contributed by atoms with Crippen LogP contribution in [0.15, 0.2) is 89.3 Å². The number of carbonyl (C=O) groups excluding carboxylic acids is 1. The van der Waals surface area contributed by atoms with E-state index < -0.39 is 5.25 Å². The summed E-state index contributed by atoms with van der Waals surface area (Å²) in [5, 5.41) is 15.5. The number of thioether (sulfide) groups is 1. The Hall–Kier alpha value is -4.85. The molecule has 3 aromatic carbocycles. The quantitative estimate of drug-likeness (QED) is 0.162. The van der Waals surface area contributed by atoms with Gasteiger partial charge in [0, 0.05) is 27.6 Å². The van der Waals surface area contributed by atoms with E-state index in [-0.39, 0.29) is 5.91 Å². The fraction of sp³-hybridized carbons (Fsp3) is 0.152. The molecule has 216 valence electrons. The molecule has 0 aliphatic carbocycles. The molecule has 0 saturated carbocycles. The van der Waals surface area contributed by atoms with E-state index >= 15 is 0 Å². The molecule has 43 heavy (non-hydrogen) atoms. The number of methoxy groups -OCH3 is 3. The highest BCUT2D eigenvalue weighted by molar-refractivity contribution is 8.00. The highest BCUT2D eigenvalue weighted by Crippen LogP contribution is 2.43. The third-order valence-electron chi connectivity index (χ3n) is 6.62. The van der Waals surface area contributed by atoms with Crippen molar-refractivity contribution in [1.29, 1.82) is 5.26 Å². The van der Waals surface area contributed by atoms with Crippen LogP contribution < -0.4 is 19.5 Å². The van der Waals surface area contributed by atoms with Gasteiger partial charge in [-0.25, -0.2) is 9.97 Å². The summed E-state index contributed by atoms with van der Waals surface area (Å²) >= 11 is 2.55. The molecular weight excluding hydrogens is 581 g/mol. The van der Waals surface area contributed by atoms with Gasteiger partial charge in [0.05, 0.1) is 43.5 Å². The van der Waals surface area contributed by atoms with E-state index in [0.29, 0.717) is 44.0 Å². The van der Waals surface area contributed by atoms with Gasteiger partial charge in [-0.3, -0.25) is 4.79 Å². The Kier molecular flexibility index (Phi) is 9.25. The molecule has 0 aliphatic rings. The minimum atomic E-state index is -0.588. The van der Waals surface area contributed by atoms with Gasteiger partial charge in [0.2, 0.25) is 5.91 Å². The molecule has 0 aliphatic heterocycles. The molecule has 2 aromatic heterocycles. The lowest BCUT2D eigenvalue weighted by atomic mass is 9.98. The molecule has 0 bridgehead atoms. The van der Waals surface area contributed by atoms with Crippen LogP contribution >= 0.6 is 23.1 Å². The van der Waals surface area contributed by atoms with Crippen LogP contribution in [-0.2, 0) is 4.79 Å². The summed E-state index contributed by atoms with van der Waals surface area (Å²) in [5.74, 6) is 1.52. The molecule has 5 aromatic rings. The number of amides is 1. The number of hydrogen-bond acceptors (Lipinski definition) is 9. The molecule has 1 amide bonds. The molecule has 0 spiro atoms. The Morgan fingerprint density at radius 1 is 0.884 bits per heavy atom. The van der Waals surface area contributed by atoms with Crippen LogP contribution in [0.1, 0.15) is 12.5 Å². The molecular formula is C33H28N4O4S2. The number of hydrogen-bond donors (Lipinski definition) is 1. The van der Waals surface area contributed by atoms with Crippen molar-refractivity contribution in [3.63, 3.8) is 0 Å². The maximum Gasteiger partial charge on any atom is 0.239 e. The summed E-state index contributed by atoms with van der Waals surface area (Å²) in [7, 11) is 4.74. The second-order valence-electron chi connectivity index (χ2n) is 9.27. The van der Waals surface area contributed by atoms with Crippen molar-refractivity contribution >= 4 is 34.1 Å². The lowest BCUT2D eigenvalue weighted by molar-refractivity contribution is -0.115. The van der Waals surface area contributed by atoms with Crippen LogP contribution in [0.3, 0.4) is 0 Å². The topological polar surface area (TPSA) is 106 Å². The van der Waals surface area contributed by atoms with Crippen LogP contribution in [-0.4, -0.2) is 42.5 Å². The maximum absolute atomic E-state index is 13.3. The predicted octanol–water partition coefficient (Wildman–Crippen LogP) is 7.56. The average molecular weight is 609 g/mol. The van der Waals surface area contributed by atoms with Gasteiger partial charge in [-0.15, -0.1) is 11.3 Å². The van der Waals surface area contributed by atoms with Gasteiger partial charge < -0.3 is 19.5 Å². The van der Waals surface area contributed by atoms with E-state index in [0.717, 1.165) is 22.6 Å². The summed E-state index contributed by atoms with van der Waals surface area (Å²) in [4.78, 5) is 22.8. The van der Waals surface area contributed by atoms with Crippen LogP contribution in [0, 0.1) is 11.3 Å². The first-order valence-electron chi connectivity index (χ1n) is 13.2. The van der Waals surface area contributed by atoms with E-state index in [1.807, 2.05) is 78.2 Å². The summed E-state index contributed by atoms with van der Waals surface area (Å²) < 4.78 is 16.5. The average Bonchev–Trinajstić information content (AvgIpc) is 3.52. The normalized spacial score (nSPS) is 11.3. The Morgan fingerprint density at radius 3 is 2.37 bits per heavy atom. The number of nitrogens with one attached hydrogen (secondary N) is 1. The van der Waals surface area contributed by atoms with Crippen molar-refractivity contribution in [3.8, 4) is 57.0 Å². The minimum absolute atomic E-state index is 0.257. The zero-order valence-corrected chi connectivity index (χ0v) is 25.6. The van der Waals surface area contributed by atoms with E-state index in [1.54, 1.807) is 34.3 Å².